The van der Waals surface area contributed by atoms with Gasteiger partial charge in [0.15, 0.2) is 6.61 Å². The lowest BCUT2D eigenvalue weighted by Crippen LogP contribution is -2.13. The van der Waals surface area contributed by atoms with Crippen molar-refractivity contribution in [3.8, 4) is 17.6 Å². The van der Waals surface area contributed by atoms with E-state index in [0.29, 0.717) is 29.4 Å². The molecule has 7 nitrogen and oxygen atoms in total. The first-order chi connectivity index (χ1) is 13.0. The van der Waals surface area contributed by atoms with Crippen molar-refractivity contribution < 1.29 is 24.2 Å². The van der Waals surface area contributed by atoms with Gasteiger partial charge in [-0.15, -0.1) is 0 Å². The Labute approximate surface area is 156 Å². The molecule has 0 fully saturated rings. The molecule has 0 spiro atoms. The first-order valence-corrected chi connectivity index (χ1v) is 8.12. The van der Waals surface area contributed by atoms with Gasteiger partial charge in [-0.05, 0) is 55.0 Å². The second-order valence-electron chi connectivity index (χ2n) is 5.33. The van der Waals surface area contributed by atoms with Crippen LogP contribution in [0.5, 0.6) is 11.5 Å². The highest BCUT2D eigenvalue weighted by molar-refractivity contribution is 6.09. The highest BCUT2D eigenvalue weighted by atomic mass is 16.5. The van der Waals surface area contributed by atoms with E-state index in [9.17, 15) is 14.9 Å². The van der Waals surface area contributed by atoms with Crippen LogP contribution < -0.4 is 14.8 Å². The molecule has 0 atom stereocenters. The van der Waals surface area contributed by atoms with Gasteiger partial charge in [0.25, 0.3) is 5.91 Å². The highest BCUT2D eigenvalue weighted by Gasteiger charge is 2.10. The zero-order valence-electron chi connectivity index (χ0n) is 14.6. The fraction of sp³-hybridized carbons (Fsp3) is 0.150. The topological polar surface area (TPSA) is 109 Å². The maximum absolute atomic E-state index is 12.3. The molecule has 2 rings (SSSR count). The molecule has 138 valence electrons. The maximum atomic E-state index is 12.3. The summed E-state index contributed by atoms with van der Waals surface area (Å²) in [7, 11) is 0. The van der Waals surface area contributed by atoms with Crippen LogP contribution in [-0.2, 0) is 9.59 Å². The van der Waals surface area contributed by atoms with Crippen molar-refractivity contribution in [3.63, 3.8) is 0 Å². The number of carbonyl (C=O) groups excluding carboxylic acids is 1. The number of nitrogens with zero attached hydrogens (tertiary/aromatic N) is 1. The van der Waals surface area contributed by atoms with E-state index in [0.717, 1.165) is 0 Å². The Kier molecular flexibility index (Phi) is 6.97. The zero-order chi connectivity index (χ0) is 19.6. The fourth-order valence-corrected chi connectivity index (χ4v) is 2.12. The number of hydrogen-bond acceptors (Lipinski definition) is 5. The Morgan fingerprint density at radius 1 is 1.07 bits per heavy atom. The van der Waals surface area contributed by atoms with Crippen LogP contribution in [0.25, 0.3) is 6.08 Å². The molecule has 0 saturated carbocycles. The number of ether oxygens (including phenoxy) is 2. The fourth-order valence-electron chi connectivity index (χ4n) is 2.12. The third-order valence-corrected chi connectivity index (χ3v) is 3.34. The van der Waals surface area contributed by atoms with Crippen LogP contribution in [0.15, 0.2) is 54.1 Å². The minimum Gasteiger partial charge on any atom is -0.494 e. The average Bonchev–Trinajstić information content (AvgIpc) is 2.67. The summed E-state index contributed by atoms with van der Waals surface area (Å²) in [6, 6.07) is 15.1. The molecule has 0 heterocycles. The van der Waals surface area contributed by atoms with Gasteiger partial charge < -0.3 is 19.9 Å². The maximum Gasteiger partial charge on any atom is 0.341 e. The van der Waals surface area contributed by atoms with Gasteiger partial charge in [-0.1, -0.05) is 12.1 Å². The largest absolute Gasteiger partial charge is 0.494 e. The van der Waals surface area contributed by atoms with Crippen molar-refractivity contribution in [1.29, 1.82) is 5.26 Å². The second-order valence-corrected chi connectivity index (χ2v) is 5.33. The molecule has 2 aromatic rings. The molecule has 27 heavy (non-hydrogen) atoms. The number of amides is 1. The first-order valence-electron chi connectivity index (χ1n) is 8.12. The van der Waals surface area contributed by atoms with Crippen molar-refractivity contribution in [2.24, 2.45) is 0 Å². The lowest BCUT2D eigenvalue weighted by molar-refractivity contribution is -0.139. The molecule has 2 aromatic carbocycles. The first kappa shape index (κ1) is 19.5. The predicted molar refractivity (Wildman–Crippen MR) is 99.4 cm³/mol. The molecule has 0 aliphatic carbocycles. The number of carboxylic acids is 1. The van der Waals surface area contributed by atoms with Gasteiger partial charge in [-0.3, -0.25) is 4.79 Å². The predicted octanol–water partition coefficient (Wildman–Crippen LogP) is 3.09. The third kappa shape index (κ3) is 6.21. The Morgan fingerprint density at radius 3 is 2.22 bits per heavy atom. The van der Waals surface area contributed by atoms with Gasteiger partial charge >= 0.3 is 5.97 Å². The number of aliphatic carboxylic acids is 1. The molecule has 0 radical (unpaired) electrons. The summed E-state index contributed by atoms with van der Waals surface area (Å²) >= 11 is 0. The summed E-state index contributed by atoms with van der Waals surface area (Å²) in [6.07, 6.45) is 1.44. The summed E-state index contributed by atoms with van der Waals surface area (Å²) in [5.74, 6) is -0.534. The molecule has 0 aliphatic heterocycles. The zero-order valence-corrected chi connectivity index (χ0v) is 14.6. The number of nitriles is 1. The van der Waals surface area contributed by atoms with Crippen LogP contribution in [0.1, 0.15) is 12.5 Å². The van der Waals surface area contributed by atoms with Crippen molar-refractivity contribution >= 4 is 23.6 Å². The van der Waals surface area contributed by atoms with Gasteiger partial charge in [-0.2, -0.15) is 5.26 Å². The van der Waals surface area contributed by atoms with Crippen molar-refractivity contribution in [2.45, 2.75) is 6.92 Å². The van der Waals surface area contributed by atoms with Crippen LogP contribution in [0.4, 0.5) is 5.69 Å². The molecule has 0 bridgehead atoms. The summed E-state index contributed by atoms with van der Waals surface area (Å²) in [4.78, 5) is 22.8. The van der Waals surface area contributed by atoms with E-state index in [-0.39, 0.29) is 5.57 Å². The van der Waals surface area contributed by atoms with Crippen molar-refractivity contribution in [2.75, 3.05) is 18.5 Å². The third-order valence-electron chi connectivity index (χ3n) is 3.34. The van der Waals surface area contributed by atoms with E-state index in [1.54, 1.807) is 48.5 Å². The lowest BCUT2D eigenvalue weighted by Gasteiger charge is -2.07. The molecule has 1 amide bonds. The van der Waals surface area contributed by atoms with Gasteiger partial charge in [0, 0.05) is 5.69 Å². The molecule has 7 heteroatoms. The monoisotopic (exact) mass is 366 g/mol. The Balaban J connectivity index is 2.05. The number of carbonyl (C=O) groups is 2. The van der Waals surface area contributed by atoms with E-state index >= 15 is 0 Å². The van der Waals surface area contributed by atoms with Crippen molar-refractivity contribution in [3.05, 3.63) is 59.7 Å². The summed E-state index contributed by atoms with van der Waals surface area (Å²) in [5.41, 5.74) is 1.08. The van der Waals surface area contributed by atoms with Crippen LogP contribution in [0, 0.1) is 11.3 Å². The standard InChI is InChI=1S/C20H18N2O5/c1-2-26-17-9-5-16(6-10-17)22-20(25)15(12-21)11-14-3-7-18(8-4-14)27-13-19(23)24/h3-11H,2,13H2,1H3,(H,22,25)(H,23,24)/b15-11+. The normalized spacial score (nSPS) is 10.6. The highest BCUT2D eigenvalue weighted by Crippen LogP contribution is 2.18. The number of benzene rings is 2. The van der Waals surface area contributed by atoms with E-state index < -0.39 is 18.5 Å². The number of nitrogens with one attached hydrogen (secondary N) is 1. The minimum absolute atomic E-state index is 0.0666. The van der Waals surface area contributed by atoms with E-state index in [1.165, 1.54) is 6.08 Å². The molecule has 0 aromatic heterocycles. The quantitative estimate of drug-likeness (QED) is 0.549. The number of anilines is 1. The number of hydrogen-bond donors (Lipinski definition) is 2. The summed E-state index contributed by atoms with van der Waals surface area (Å²) in [5, 5.41) is 20.5. The smallest absolute Gasteiger partial charge is 0.341 e. The Bertz CT molecular complexity index is 865. The van der Waals surface area contributed by atoms with E-state index in [4.69, 9.17) is 14.6 Å². The van der Waals surface area contributed by atoms with Crippen LogP contribution in [0.3, 0.4) is 0 Å². The SMILES string of the molecule is CCOc1ccc(NC(=O)/C(C#N)=C/c2ccc(OCC(=O)O)cc2)cc1. The molecular formula is C20H18N2O5. The summed E-state index contributed by atoms with van der Waals surface area (Å²) < 4.78 is 10.4. The Morgan fingerprint density at radius 2 is 1.67 bits per heavy atom. The van der Waals surface area contributed by atoms with Crippen LogP contribution in [-0.4, -0.2) is 30.2 Å². The number of rotatable bonds is 8. The van der Waals surface area contributed by atoms with Gasteiger partial charge in [0.2, 0.25) is 0 Å². The van der Waals surface area contributed by atoms with Crippen LogP contribution >= 0.6 is 0 Å². The van der Waals surface area contributed by atoms with E-state index in [1.807, 2.05) is 13.0 Å². The molecular weight excluding hydrogens is 348 g/mol. The number of carboxylic acid groups (broad SMARTS) is 1. The van der Waals surface area contributed by atoms with Crippen molar-refractivity contribution in [1.82, 2.24) is 0 Å². The van der Waals surface area contributed by atoms with Crippen LogP contribution in [0.2, 0.25) is 0 Å². The van der Waals surface area contributed by atoms with Gasteiger partial charge in [0.1, 0.15) is 23.1 Å². The Hall–Kier alpha value is -3.79. The van der Waals surface area contributed by atoms with Gasteiger partial charge in [-0.25, -0.2) is 4.79 Å². The minimum atomic E-state index is -1.07. The summed E-state index contributed by atoms with van der Waals surface area (Å²) in [6.45, 7) is 1.99. The van der Waals surface area contributed by atoms with E-state index in [2.05, 4.69) is 5.32 Å². The van der Waals surface area contributed by atoms with Gasteiger partial charge in [0.05, 0.1) is 6.61 Å². The average molecular weight is 366 g/mol. The molecule has 0 unspecified atom stereocenters. The second kappa shape index (κ2) is 9.63. The molecule has 0 saturated heterocycles. The lowest BCUT2D eigenvalue weighted by atomic mass is 10.1. The molecule has 2 N–H and O–H groups in total. The molecule has 0 aliphatic rings.